The number of carboxylic acid groups (broad SMARTS) is 1. The molecule has 0 saturated carbocycles. The van der Waals surface area contributed by atoms with Crippen molar-refractivity contribution in [2.75, 3.05) is 13.1 Å². The van der Waals surface area contributed by atoms with Gasteiger partial charge in [-0.1, -0.05) is 0 Å². The quantitative estimate of drug-likeness (QED) is 0.536. The average Bonchev–Trinajstić information content (AvgIpc) is 2.36. The van der Waals surface area contributed by atoms with Crippen LogP contribution in [0, 0.1) is 10.1 Å². The largest absolute Gasteiger partial charge is 0.480 e. The Kier molecular flexibility index (Phi) is 4.73. The van der Waals surface area contributed by atoms with Gasteiger partial charge in [0.25, 0.3) is 11.6 Å². The molecule has 2 amide bonds. The van der Waals surface area contributed by atoms with Gasteiger partial charge in [0.05, 0.1) is 4.92 Å². The monoisotopic (exact) mass is 281 g/mol. The van der Waals surface area contributed by atoms with Gasteiger partial charge in [-0.15, -0.1) is 0 Å². The molecule has 0 bridgehead atoms. The summed E-state index contributed by atoms with van der Waals surface area (Å²) in [6.07, 6.45) is 0. The van der Waals surface area contributed by atoms with E-state index < -0.39 is 35.8 Å². The highest BCUT2D eigenvalue weighted by molar-refractivity contribution is 5.98. The van der Waals surface area contributed by atoms with Crippen LogP contribution in [0.1, 0.15) is 10.4 Å². The number of non-ortho nitro benzene ring substituents is 1. The minimum atomic E-state index is -1.30. The molecular weight excluding hydrogens is 270 g/mol. The molecular formula is C11H11N3O6. The van der Waals surface area contributed by atoms with Gasteiger partial charge in [0.15, 0.2) is 0 Å². The van der Waals surface area contributed by atoms with E-state index in [1.54, 1.807) is 0 Å². The van der Waals surface area contributed by atoms with Gasteiger partial charge < -0.3 is 15.7 Å². The van der Waals surface area contributed by atoms with Crippen LogP contribution in [-0.4, -0.2) is 45.8 Å². The fraction of sp³-hybridized carbons (Fsp3) is 0.182. The maximum absolute atomic E-state index is 12.0. The number of amides is 2. The van der Waals surface area contributed by atoms with Crippen molar-refractivity contribution < 1.29 is 24.4 Å². The van der Waals surface area contributed by atoms with E-state index in [0.29, 0.717) is 0 Å². The molecule has 0 aliphatic carbocycles. The second kappa shape index (κ2) is 6.27. The Labute approximate surface area is 112 Å². The molecule has 1 rings (SSSR count). The smallest absolute Gasteiger partial charge is 0.323 e. The average molecular weight is 281 g/mol. The molecule has 0 heterocycles. The minimum absolute atomic E-state index is 0.0260. The Hall–Kier alpha value is -2.97. The second-order valence-corrected chi connectivity index (χ2v) is 3.83. The SMILES string of the molecule is NC(=O)CN(CC(=O)O)C(=O)c1ccc([N+](=O)[O-])cc1. The number of carbonyl (C=O) groups excluding carboxylic acids is 2. The van der Waals surface area contributed by atoms with Gasteiger partial charge in [-0.25, -0.2) is 0 Å². The molecule has 0 radical (unpaired) electrons. The number of benzene rings is 1. The zero-order valence-corrected chi connectivity index (χ0v) is 10.2. The van der Waals surface area contributed by atoms with Crippen LogP contribution in [0.5, 0.6) is 0 Å². The molecule has 0 aliphatic heterocycles. The molecule has 0 unspecified atom stereocenters. The van der Waals surface area contributed by atoms with Gasteiger partial charge in [0.1, 0.15) is 13.1 Å². The topological polar surface area (TPSA) is 144 Å². The van der Waals surface area contributed by atoms with E-state index in [4.69, 9.17) is 10.8 Å². The third-order valence-electron chi connectivity index (χ3n) is 2.29. The predicted octanol–water partition coefficient (Wildman–Crippen LogP) is -0.393. The number of nitro groups is 1. The van der Waals surface area contributed by atoms with E-state index in [9.17, 15) is 24.5 Å². The molecule has 0 aliphatic rings. The molecule has 1 aromatic carbocycles. The van der Waals surface area contributed by atoms with E-state index in [0.717, 1.165) is 17.0 Å². The van der Waals surface area contributed by atoms with Crippen molar-refractivity contribution in [2.24, 2.45) is 5.73 Å². The summed E-state index contributed by atoms with van der Waals surface area (Å²) in [7, 11) is 0. The lowest BCUT2D eigenvalue weighted by Crippen LogP contribution is -2.41. The maximum atomic E-state index is 12.0. The van der Waals surface area contributed by atoms with Crippen LogP contribution in [0.25, 0.3) is 0 Å². The van der Waals surface area contributed by atoms with Crippen LogP contribution >= 0.6 is 0 Å². The molecule has 1 aromatic rings. The van der Waals surface area contributed by atoms with Crippen LogP contribution in [0.2, 0.25) is 0 Å². The van der Waals surface area contributed by atoms with E-state index >= 15 is 0 Å². The lowest BCUT2D eigenvalue weighted by Gasteiger charge is -2.18. The van der Waals surface area contributed by atoms with E-state index in [2.05, 4.69) is 0 Å². The van der Waals surface area contributed by atoms with E-state index in [-0.39, 0.29) is 11.3 Å². The molecule has 0 saturated heterocycles. The first-order valence-electron chi connectivity index (χ1n) is 5.35. The third kappa shape index (κ3) is 4.05. The summed E-state index contributed by atoms with van der Waals surface area (Å²) >= 11 is 0. The van der Waals surface area contributed by atoms with Gasteiger partial charge in [-0.05, 0) is 12.1 Å². The summed E-state index contributed by atoms with van der Waals surface area (Å²) in [5.74, 6) is -2.91. The highest BCUT2D eigenvalue weighted by atomic mass is 16.6. The van der Waals surface area contributed by atoms with E-state index in [1.807, 2.05) is 0 Å². The fourth-order valence-electron chi connectivity index (χ4n) is 1.46. The van der Waals surface area contributed by atoms with Crippen LogP contribution in [0.3, 0.4) is 0 Å². The first-order valence-corrected chi connectivity index (χ1v) is 5.35. The summed E-state index contributed by atoms with van der Waals surface area (Å²) in [5, 5.41) is 19.2. The zero-order chi connectivity index (χ0) is 15.3. The lowest BCUT2D eigenvalue weighted by atomic mass is 10.2. The van der Waals surface area contributed by atoms with Crippen molar-refractivity contribution in [1.29, 1.82) is 0 Å². The van der Waals surface area contributed by atoms with Gasteiger partial charge >= 0.3 is 5.97 Å². The summed E-state index contributed by atoms with van der Waals surface area (Å²) < 4.78 is 0. The molecule has 106 valence electrons. The summed E-state index contributed by atoms with van der Waals surface area (Å²) in [6.45, 7) is -1.25. The first kappa shape index (κ1) is 15.1. The zero-order valence-electron chi connectivity index (χ0n) is 10.2. The number of primary amides is 1. The highest BCUT2D eigenvalue weighted by Crippen LogP contribution is 2.13. The Morgan fingerprint density at radius 1 is 1.20 bits per heavy atom. The minimum Gasteiger partial charge on any atom is -0.480 e. The molecule has 9 nitrogen and oxygen atoms in total. The van der Waals surface area contributed by atoms with Crippen LogP contribution in [-0.2, 0) is 9.59 Å². The van der Waals surface area contributed by atoms with Gasteiger partial charge in [-0.3, -0.25) is 24.5 Å². The van der Waals surface area contributed by atoms with Gasteiger partial charge in [-0.2, -0.15) is 0 Å². The predicted molar refractivity (Wildman–Crippen MR) is 65.8 cm³/mol. The summed E-state index contributed by atoms with van der Waals surface area (Å²) in [6, 6.07) is 4.57. The van der Waals surface area contributed by atoms with Crippen molar-refractivity contribution in [3.05, 3.63) is 39.9 Å². The number of carboxylic acids is 1. The number of nitrogens with zero attached hydrogens (tertiary/aromatic N) is 2. The summed E-state index contributed by atoms with van der Waals surface area (Å²) in [4.78, 5) is 44.0. The number of nitrogens with two attached hydrogens (primary N) is 1. The lowest BCUT2D eigenvalue weighted by molar-refractivity contribution is -0.384. The Bertz CT molecular complexity index is 538. The van der Waals surface area contributed by atoms with Gasteiger partial charge in [0, 0.05) is 17.7 Å². The molecule has 0 fully saturated rings. The molecule has 3 N–H and O–H groups in total. The number of carbonyl (C=O) groups is 3. The van der Waals surface area contributed by atoms with Gasteiger partial charge in [0.2, 0.25) is 5.91 Å². The molecule has 0 aromatic heterocycles. The number of nitro benzene ring substituents is 1. The summed E-state index contributed by atoms with van der Waals surface area (Å²) in [5.41, 5.74) is 4.75. The Balaban J connectivity index is 2.95. The third-order valence-corrected chi connectivity index (χ3v) is 2.29. The second-order valence-electron chi connectivity index (χ2n) is 3.83. The normalized spacial score (nSPS) is 9.80. The first-order chi connectivity index (χ1) is 9.31. The van der Waals surface area contributed by atoms with Crippen LogP contribution < -0.4 is 5.73 Å². The van der Waals surface area contributed by atoms with Crippen molar-refractivity contribution in [3.63, 3.8) is 0 Å². The number of rotatable bonds is 6. The maximum Gasteiger partial charge on any atom is 0.323 e. The fourth-order valence-corrected chi connectivity index (χ4v) is 1.46. The van der Waals surface area contributed by atoms with Crippen molar-refractivity contribution in [1.82, 2.24) is 4.90 Å². The Morgan fingerprint density at radius 3 is 2.15 bits per heavy atom. The van der Waals surface area contributed by atoms with Crippen LogP contribution in [0.4, 0.5) is 5.69 Å². The molecule has 0 spiro atoms. The Morgan fingerprint density at radius 2 is 1.75 bits per heavy atom. The molecule has 0 atom stereocenters. The molecule has 9 heteroatoms. The number of hydrogen-bond acceptors (Lipinski definition) is 5. The number of aliphatic carboxylic acids is 1. The van der Waals surface area contributed by atoms with Crippen molar-refractivity contribution in [3.8, 4) is 0 Å². The number of hydrogen-bond donors (Lipinski definition) is 2. The van der Waals surface area contributed by atoms with E-state index in [1.165, 1.54) is 12.1 Å². The highest BCUT2D eigenvalue weighted by Gasteiger charge is 2.20. The van der Waals surface area contributed by atoms with Crippen molar-refractivity contribution >= 4 is 23.5 Å². The standard InChI is InChI=1S/C11H11N3O6/c12-9(15)5-13(6-10(16)17)11(18)7-1-3-8(4-2-7)14(19)20/h1-4H,5-6H2,(H2,12,15)(H,16,17). The molecule has 20 heavy (non-hydrogen) atoms. The van der Waals surface area contributed by atoms with Crippen molar-refractivity contribution in [2.45, 2.75) is 0 Å². The van der Waals surface area contributed by atoms with Crippen LogP contribution in [0.15, 0.2) is 24.3 Å².